The summed E-state index contributed by atoms with van der Waals surface area (Å²) in [6.45, 7) is 8.16. The lowest BCUT2D eigenvalue weighted by atomic mass is 10.2. The number of carbonyl (C=O) groups is 2. The van der Waals surface area contributed by atoms with Crippen molar-refractivity contribution in [2.45, 2.75) is 33.7 Å². The van der Waals surface area contributed by atoms with E-state index >= 15 is 0 Å². The quantitative estimate of drug-likeness (QED) is 0.865. The first kappa shape index (κ1) is 16.0. The van der Waals surface area contributed by atoms with E-state index in [4.69, 9.17) is 0 Å². The molecule has 0 unspecified atom stereocenters. The summed E-state index contributed by atoms with van der Waals surface area (Å²) in [6, 6.07) is 7.62. The van der Waals surface area contributed by atoms with E-state index in [0.717, 1.165) is 11.3 Å². The van der Waals surface area contributed by atoms with Gasteiger partial charge in [0.15, 0.2) is 0 Å². The molecule has 2 N–H and O–H groups in total. The number of hydrogen-bond donors (Lipinski definition) is 2. The van der Waals surface area contributed by atoms with E-state index in [-0.39, 0.29) is 18.0 Å². The Labute approximate surface area is 120 Å². The molecule has 0 atom stereocenters. The average Bonchev–Trinajstić information content (AvgIpc) is 2.33. The van der Waals surface area contributed by atoms with Crippen molar-refractivity contribution in [3.05, 3.63) is 29.8 Å². The van der Waals surface area contributed by atoms with Crippen molar-refractivity contribution >= 4 is 17.6 Å². The minimum absolute atomic E-state index is 0.0401. The third kappa shape index (κ3) is 5.30. The van der Waals surface area contributed by atoms with Gasteiger partial charge in [0.1, 0.15) is 0 Å². The number of rotatable bonds is 5. The molecule has 0 aromatic heterocycles. The van der Waals surface area contributed by atoms with Gasteiger partial charge in [0.25, 0.3) is 0 Å². The lowest BCUT2D eigenvalue weighted by Gasteiger charge is -2.22. The van der Waals surface area contributed by atoms with Crippen LogP contribution in [0.4, 0.5) is 10.5 Å². The molecule has 1 aromatic carbocycles. The zero-order chi connectivity index (χ0) is 15.1. The Morgan fingerprint density at radius 2 is 2.00 bits per heavy atom. The molecule has 1 rings (SSSR count). The molecule has 20 heavy (non-hydrogen) atoms. The van der Waals surface area contributed by atoms with Crippen LogP contribution >= 0.6 is 0 Å². The van der Waals surface area contributed by atoms with Crippen LogP contribution in [-0.2, 0) is 4.79 Å². The van der Waals surface area contributed by atoms with Gasteiger partial charge in [-0.15, -0.1) is 0 Å². The van der Waals surface area contributed by atoms with Gasteiger partial charge in [-0.25, -0.2) is 4.79 Å². The molecule has 0 aliphatic carbocycles. The molecule has 1 aromatic rings. The van der Waals surface area contributed by atoms with Crippen molar-refractivity contribution in [1.29, 1.82) is 0 Å². The van der Waals surface area contributed by atoms with E-state index in [9.17, 15) is 9.59 Å². The van der Waals surface area contributed by atoms with Crippen molar-refractivity contribution in [1.82, 2.24) is 10.6 Å². The zero-order valence-electron chi connectivity index (χ0n) is 12.6. The van der Waals surface area contributed by atoms with Gasteiger partial charge in [-0.1, -0.05) is 12.1 Å². The summed E-state index contributed by atoms with van der Waals surface area (Å²) in [4.78, 5) is 24.8. The van der Waals surface area contributed by atoms with Crippen LogP contribution in [0.25, 0.3) is 0 Å². The van der Waals surface area contributed by atoms with Crippen LogP contribution in [-0.4, -0.2) is 31.1 Å². The predicted octanol–water partition coefficient (Wildman–Crippen LogP) is 2.06. The number of anilines is 1. The second-order valence-corrected chi connectivity index (χ2v) is 5.06. The summed E-state index contributed by atoms with van der Waals surface area (Å²) >= 11 is 0. The topological polar surface area (TPSA) is 61.4 Å². The number of benzene rings is 1. The minimum atomic E-state index is -0.215. The van der Waals surface area contributed by atoms with E-state index in [1.807, 2.05) is 45.0 Å². The lowest BCUT2D eigenvalue weighted by Crippen LogP contribution is -2.43. The molecule has 0 fully saturated rings. The summed E-state index contributed by atoms with van der Waals surface area (Å²) in [5.74, 6) is -0.0401. The van der Waals surface area contributed by atoms with Crippen LogP contribution in [0.15, 0.2) is 24.3 Å². The number of aryl methyl sites for hydroxylation is 1. The van der Waals surface area contributed by atoms with Crippen molar-refractivity contribution in [2.75, 3.05) is 18.0 Å². The Morgan fingerprint density at radius 3 is 2.55 bits per heavy atom. The summed E-state index contributed by atoms with van der Waals surface area (Å²) in [6.07, 6.45) is 0. The fraction of sp³-hybridized carbons (Fsp3) is 0.467. The Bertz CT molecular complexity index is 472. The Kier molecular flexibility index (Phi) is 6.03. The number of nitrogens with one attached hydrogen (secondary N) is 2. The molecular formula is C15H23N3O2. The predicted molar refractivity (Wildman–Crippen MR) is 80.9 cm³/mol. The van der Waals surface area contributed by atoms with Crippen LogP contribution in [0.1, 0.15) is 26.3 Å². The molecule has 0 spiro atoms. The van der Waals surface area contributed by atoms with Gasteiger partial charge < -0.3 is 15.5 Å². The van der Waals surface area contributed by atoms with Crippen LogP contribution in [0.2, 0.25) is 0 Å². The summed E-state index contributed by atoms with van der Waals surface area (Å²) in [5.41, 5.74) is 1.95. The minimum Gasteiger partial charge on any atom is -0.336 e. The van der Waals surface area contributed by atoms with Crippen molar-refractivity contribution in [2.24, 2.45) is 0 Å². The molecule has 5 heteroatoms. The van der Waals surface area contributed by atoms with Crippen LogP contribution < -0.4 is 15.5 Å². The normalized spacial score (nSPS) is 10.2. The van der Waals surface area contributed by atoms with Gasteiger partial charge in [-0.2, -0.15) is 0 Å². The summed E-state index contributed by atoms with van der Waals surface area (Å²) in [7, 11) is 0. The number of urea groups is 1. The molecule has 0 aliphatic rings. The highest BCUT2D eigenvalue weighted by Gasteiger charge is 2.11. The largest absolute Gasteiger partial charge is 0.336 e. The second-order valence-electron chi connectivity index (χ2n) is 5.06. The van der Waals surface area contributed by atoms with Crippen molar-refractivity contribution < 1.29 is 9.59 Å². The highest BCUT2D eigenvalue weighted by Crippen LogP contribution is 2.15. The maximum Gasteiger partial charge on any atom is 0.315 e. The first-order chi connectivity index (χ1) is 9.40. The van der Waals surface area contributed by atoms with E-state index in [0.29, 0.717) is 13.1 Å². The standard InChI is InChI=1S/C15H23N3O2/c1-11(2)17-15(20)16-8-9-18(13(4)19)14-7-5-6-12(3)10-14/h5-7,10-11H,8-9H2,1-4H3,(H2,16,17,20). The van der Waals surface area contributed by atoms with E-state index in [1.54, 1.807) is 4.90 Å². The summed E-state index contributed by atoms with van der Waals surface area (Å²) in [5, 5.41) is 5.48. The van der Waals surface area contributed by atoms with Crippen molar-refractivity contribution in [3.8, 4) is 0 Å². The first-order valence-corrected chi connectivity index (χ1v) is 6.79. The highest BCUT2D eigenvalue weighted by atomic mass is 16.2. The fourth-order valence-corrected chi connectivity index (χ4v) is 1.86. The monoisotopic (exact) mass is 277 g/mol. The van der Waals surface area contributed by atoms with Crippen LogP contribution in [0.5, 0.6) is 0 Å². The number of hydrogen-bond acceptors (Lipinski definition) is 2. The molecule has 0 saturated carbocycles. The van der Waals surface area contributed by atoms with Crippen molar-refractivity contribution in [3.63, 3.8) is 0 Å². The van der Waals surface area contributed by atoms with Crippen LogP contribution in [0, 0.1) is 6.92 Å². The Morgan fingerprint density at radius 1 is 1.30 bits per heavy atom. The second kappa shape index (κ2) is 7.53. The molecule has 0 saturated heterocycles. The van der Waals surface area contributed by atoms with Gasteiger partial charge in [-0.05, 0) is 38.5 Å². The SMILES string of the molecule is CC(=O)N(CCNC(=O)NC(C)C)c1cccc(C)c1. The average molecular weight is 277 g/mol. The van der Waals surface area contributed by atoms with E-state index < -0.39 is 0 Å². The number of nitrogens with zero attached hydrogens (tertiary/aromatic N) is 1. The molecule has 0 aliphatic heterocycles. The Balaban J connectivity index is 2.57. The summed E-state index contributed by atoms with van der Waals surface area (Å²) < 4.78 is 0. The zero-order valence-corrected chi connectivity index (χ0v) is 12.6. The van der Waals surface area contributed by atoms with Gasteiger partial charge >= 0.3 is 6.03 Å². The molecule has 5 nitrogen and oxygen atoms in total. The van der Waals surface area contributed by atoms with Crippen LogP contribution in [0.3, 0.4) is 0 Å². The molecule has 3 amide bonds. The third-order valence-electron chi connectivity index (χ3n) is 2.73. The van der Waals surface area contributed by atoms with E-state index in [2.05, 4.69) is 10.6 Å². The number of carbonyl (C=O) groups excluding carboxylic acids is 2. The van der Waals surface area contributed by atoms with E-state index in [1.165, 1.54) is 6.92 Å². The third-order valence-corrected chi connectivity index (χ3v) is 2.73. The molecule has 110 valence electrons. The lowest BCUT2D eigenvalue weighted by molar-refractivity contribution is -0.116. The van der Waals surface area contributed by atoms with Gasteiger partial charge in [-0.3, -0.25) is 4.79 Å². The number of amides is 3. The molecule has 0 heterocycles. The smallest absolute Gasteiger partial charge is 0.315 e. The highest BCUT2D eigenvalue weighted by molar-refractivity contribution is 5.91. The maximum absolute atomic E-state index is 11.7. The van der Waals surface area contributed by atoms with Gasteiger partial charge in [0.2, 0.25) is 5.91 Å². The van der Waals surface area contributed by atoms with Gasteiger partial charge in [0.05, 0.1) is 0 Å². The Hall–Kier alpha value is -2.04. The van der Waals surface area contributed by atoms with Gasteiger partial charge in [0, 0.05) is 31.7 Å². The first-order valence-electron chi connectivity index (χ1n) is 6.79. The molecule has 0 bridgehead atoms. The fourth-order valence-electron chi connectivity index (χ4n) is 1.86. The molecule has 0 radical (unpaired) electrons. The molecular weight excluding hydrogens is 254 g/mol. The maximum atomic E-state index is 11.7.